The summed E-state index contributed by atoms with van der Waals surface area (Å²) in [6.07, 6.45) is 6.60. The molecule has 0 N–H and O–H groups in total. The van der Waals surface area contributed by atoms with Crippen molar-refractivity contribution in [3.63, 3.8) is 0 Å². The average molecular weight is 254 g/mol. The molecule has 1 aliphatic rings. The molecule has 1 unspecified atom stereocenters. The molecule has 102 valence electrons. The molecule has 4 heteroatoms. The Bertz CT molecular complexity index is 279. The smallest absolute Gasteiger partial charge is 0.306 e. The van der Waals surface area contributed by atoms with Gasteiger partial charge in [-0.05, 0) is 38.5 Å². The number of ether oxygens (including phenoxy) is 2. The topological polar surface area (TPSA) is 52.6 Å². The maximum absolute atomic E-state index is 11.5. The maximum atomic E-state index is 11.5. The Morgan fingerprint density at radius 3 is 1.67 bits per heavy atom. The molecular weight excluding hydrogens is 232 g/mol. The van der Waals surface area contributed by atoms with Crippen molar-refractivity contribution >= 4 is 11.9 Å². The van der Waals surface area contributed by atoms with Gasteiger partial charge in [0.05, 0.1) is 13.2 Å². The lowest BCUT2D eigenvalue weighted by Gasteiger charge is -2.27. The molecule has 1 rings (SSSR count). The highest BCUT2D eigenvalue weighted by molar-refractivity contribution is 5.71. The van der Waals surface area contributed by atoms with Crippen LogP contribution in [-0.2, 0) is 19.1 Å². The summed E-state index contributed by atoms with van der Waals surface area (Å²) in [5.41, 5.74) is 0. The number of allylic oxidation sites excluding steroid dienone is 2. The van der Waals surface area contributed by atoms with Crippen molar-refractivity contribution in [1.82, 2.24) is 0 Å². The number of hydrogen-bond acceptors (Lipinski definition) is 4. The van der Waals surface area contributed by atoms with Crippen LogP contribution in [0.2, 0.25) is 0 Å². The molecular formula is C14H22O4. The summed E-state index contributed by atoms with van der Waals surface area (Å²) in [6, 6.07) is 0. The van der Waals surface area contributed by atoms with Crippen LogP contribution in [-0.4, -0.2) is 25.2 Å². The molecule has 0 saturated carbocycles. The van der Waals surface area contributed by atoms with E-state index in [0.29, 0.717) is 26.1 Å². The Balaban J connectivity index is 2.49. The second-order valence-corrected chi connectivity index (χ2v) is 4.48. The minimum atomic E-state index is -0.174. The van der Waals surface area contributed by atoms with Gasteiger partial charge < -0.3 is 9.47 Å². The highest BCUT2D eigenvalue weighted by Crippen LogP contribution is 2.31. The van der Waals surface area contributed by atoms with E-state index >= 15 is 0 Å². The SMILES string of the molecule is CCOC(=O)CC1CC=CC[C@@H]1CC(=O)OCC. The molecule has 0 aromatic heterocycles. The fraction of sp³-hybridized carbons (Fsp3) is 0.714. The van der Waals surface area contributed by atoms with Crippen molar-refractivity contribution in [3.8, 4) is 0 Å². The molecule has 0 radical (unpaired) electrons. The molecule has 18 heavy (non-hydrogen) atoms. The van der Waals surface area contributed by atoms with Gasteiger partial charge in [0, 0.05) is 12.8 Å². The van der Waals surface area contributed by atoms with Crippen LogP contribution in [0.1, 0.15) is 39.5 Å². The van der Waals surface area contributed by atoms with Crippen LogP contribution in [0.15, 0.2) is 12.2 Å². The molecule has 0 fully saturated rings. The lowest BCUT2D eigenvalue weighted by atomic mass is 9.79. The predicted molar refractivity (Wildman–Crippen MR) is 67.9 cm³/mol. The summed E-state index contributed by atoms with van der Waals surface area (Å²) < 4.78 is 9.93. The Morgan fingerprint density at radius 1 is 0.944 bits per heavy atom. The Morgan fingerprint density at radius 2 is 1.33 bits per heavy atom. The monoisotopic (exact) mass is 254 g/mol. The summed E-state index contributed by atoms with van der Waals surface area (Å²) in [5.74, 6) is 0.0372. The van der Waals surface area contributed by atoms with Crippen molar-refractivity contribution in [2.45, 2.75) is 39.5 Å². The van der Waals surface area contributed by atoms with Crippen molar-refractivity contribution < 1.29 is 19.1 Å². The van der Waals surface area contributed by atoms with Crippen molar-refractivity contribution in [1.29, 1.82) is 0 Å². The van der Waals surface area contributed by atoms with Crippen molar-refractivity contribution in [2.75, 3.05) is 13.2 Å². The third-order valence-electron chi connectivity index (χ3n) is 3.18. The van der Waals surface area contributed by atoms with E-state index in [1.807, 2.05) is 0 Å². The second kappa shape index (κ2) is 7.90. The number of esters is 2. The van der Waals surface area contributed by atoms with Gasteiger partial charge in [-0.15, -0.1) is 0 Å². The highest BCUT2D eigenvalue weighted by Gasteiger charge is 2.27. The zero-order valence-electron chi connectivity index (χ0n) is 11.2. The first kappa shape index (κ1) is 14.7. The van der Waals surface area contributed by atoms with Crippen LogP contribution in [0.4, 0.5) is 0 Å². The Labute approximate surface area is 108 Å². The van der Waals surface area contributed by atoms with E-state index in [4.69, 9.17) is 9.47 Å². The van der Waals surface area contributed by atoms with Crippen LogP contribution in [0, 0.1) is 11.8 Å². The van der Waals surface area contributed by atoms with Gasteiger partial charge >= 0.3 is 11.9 Å². The van der Waals surface area contributed by atoms with Gasteiger partial charge in [-0.25, -0.2) is 0 Å². The highest BCUT2D eigenvalue weighted by atomic mass is 16.5. The van der Waals surface area contributed by atoms with Gasteiger partial charge in [0.25, 0.3) is 0 Å². The van der Waals surface area contributed by atoms with Crippen LogP contribution in [0.5, 0.6) is 0 Å². The molecule has 0 aromatic carbocycles. The van der Waals surface area contributed by atoms with Gasteiger partial charge in [-0.3, -0.25) is 9.59 Å². The Kier molecular flexibility index (Phi) is 6.47. The zero-order chi connectivity index (χ0) is 13.4. The van der Waals surface area contributed by atoms with Crippen LogP contribution >= 0.6 is 0 Å². The van der Waals surface area contributed by atoms with E-state index in [-0.39, 0.29) is 23.8 Å². The van der Waals surface area contributed by atoms with Gasteiger partial charge in [0.1, 0.15) is 0 Å². The van der Waals surface area contributed by atoms with Gasteiger partial charge in [0.2, 0.25) is 0 Å². The lowest BCUT2D eigenvalue weighted by Crippen LogP contribution is -2.24. The average Bonchev–Trinajstić information content (AvgIpc) is 2.32. The minimum Gasteiger partial charge on any atom is -0.466 e. The van der Waals surface area contributed by atoms with Crippen molar-refractivity contribution in [3.05, 3.63) is 12.2 Å². The van der Waals surface area contributed by atoms with E-state index in [0.717, 1.165) is 12.8 Å². The molecule has 0 spiro atoms. The standard InChI is InChI=1S/C14H22O4/c1-3-17-13(15)9-11-7-5-6-8-12(11)10-14(16)18-4-2/h5-6,11-12H,3-4,7-10H2,1-2H3/t11-,12?/m1/s1. The number of rotatable bonds is 6. The van der Waals surface area contributed by atoms with E-state index < -0.39 is 0 Å². The van der Waals surface area contributed by atoms with E-state index in [1.54, 1.807) is 13.8 Å². The fourth-order valence-electron chi connectivity index (χ4n) is 2.29. The lowest BCUT2D eigenvalue weighted by molar-refractivity contribution is -0.148. The Hall–Kier alpha value is -1.32. The van der Waals surface area contributed by atoms with E-state index in [9.17, 15) is 9.59 Å². The summed E-state index contributed by atoms with van der Waals surface area (Å²) in [6.45, 7) is 4.41. The maximum Gasteiger partial charge on any atom is 0.306 e. The normalized spacial score (nSPS) is 22.6. The third kappa shape index (κ3) is 4.90. The van der Waals surface area contributed by atoms with E-state index in [2.05, 4.69) is 12.2 Å². The van der Waals surface area contributed by atoms with Gasteiger partial charge in [-0.1, -0.05) is 12.2 Å². The number of carbonyl (C=O) groups is 2. The molecule has 0 bridgehead atoms. The molecule has 2 atom stereocenters. The molecule has 0 aromatic rings. The predicted octanol–water partition coefficient (Wildman–Crippen LogP) is 2.48. The largest absolute Gasteiger partial charge is 0.466 e. The summed E-state index contributed by atoms with van der Waals surface area (Å²) in [4.78, 5) is 23.0. The molecule has 4 nitrogen and oxygen atoms in total. The van der Waals surface area contributed by atoms with Crippen molar-refractivity contribution in [2.24, 2.45) is 11.8 Å². The first-order valence-electron chi connectivity index (χ1n) is 6.63. The van der Waals surface area contributed by atoms with E-state index in [1.165, 1.54) is 0 Å². The van der Waals surface area contributed by atoms with Gasteiger partial charge in [0.15, 0.2) is 0 Å². The van der Waals surface area contributed by atoms with Crippen LogP contribution in [0.25, 0.3) is 0 Å². The van der Waals surface area contributed by atoms with Crippen LogP contribution < -0.4 is 0 Å². The summed E-state index contributed by atoms with van der Waals surface area (Å²) >= 11 is 0. The second-order valence-electron chi connectivity index (χ2n) is 4.48. The molecule has 0 heterocycles. The molecule has 1 aliphatic carbocycles. The molecule has 0 amide bonds. The molecule has 0 aliphatic heterocycles. The first-order valence-corrected chi connectivity index (χ1v) is 6.63. The summed E-state index contributed by atoms with van der Waals surface area (Å²) in [5, 5.41) is 0. The third-order valence-corrected chi connectivity index (χ3v) is 3.18. The summed E-state index contributed by atoms with van der Waals surface area (Å²) in [7, 11) is 0. The number of carbonyl (C=O) groups excluding carboxylic acids is 2. The first-order chi connectivity index (χ1) is 8.67. The fourth-order valence-corrected chi connectivity index (χ4v) is 2.29. The van der Waals surface area contributed by atoms with Crippen LogP contribution in [0.3, 0.4) is 0 Å². The zero-order valence-corrected chi connectivity index (χ0v) is 11.2. The molecule has 0 saturated heterocycles. The number of hydrogen-bond donors (Lipinski definition) is 0. The quantitative estimate of drug-likeness (QED) is 0.539. The van der Waals surface area contributed by atoms with Gasteiger partial charge in [-0.2, -0.15) is 0 Å². The minimum absolute atomic E-state index is 0.174.